The molecule has 92 valence electrons. The van der Waals surface area contributed by atoms with Crippen LogP contribution in [-0.2, 0) is 4.74 Å². The van der Waals surface area contributed by atoms with E-state index in [0.717, 1.165) is 18.4 Å². The summed E-state index contributed by atoms with van der Waals surface area (Å²) in [7, 11) is 0. The van der Waals surface area contributed by atoms with Gasteiger partial charge >= 0.3 is 0 Å². The highest BCUT2D eigenvalue weighted by molar-refractivity contribution is 9.09. The van der Waals surface area contributed by atoms with Gasteiger partial charge in [-0.25, -0.2) is 0 Å². The molecule has 0 saturated carbocycles. The first-order valence-electron chi connectivity index (χ1n) is 5.94. The molecule has 0 spiro atoms. The van der Waals surface area contributed by atoms with E-state index in [9.17, 15) is 0 Å². The van der Waals surface area contributed by atoms with Crippen LogP contribution in [-0.4, -0.2) is 23.4 Å². The van der Waals surface area contributed by atoms with Crippen molar-refractivity contribution in [2.45, 2.75) is 58.0 Å². The van der Waals surface area contributed by atoms with Crippen LogP contribution in [0.4, 0.5) is 0 Å². The number of rotatable bonds is 10. The van der Waals surface area contributed by atoms with Gasteiger partial charge in [0.25, 0.3) is 0 Å². The molecule has 1 atom stereocenters. The lowest BCUT2D eigenvalue weighted by Crippen LogP contribution is -2.33. The molecular formula is C12H24BrClO. The van der Waals surface area contributed by atoms with Gasteiger partial charge in [-0.1, -0.05) is 55.0 Å². The van der Waals surface area contributed by atoms with Crippen LogP contribution in [0.2, 0.25) is 0 Å². The number of alkyl halides is 2. The molecule has 3 heteroatoms. The fraction of sp³-hybridized carbons (Fsp3) is 1.00. The molecule has 0 aromatic heterocycles. The molecule has 0 aliphatic heterocycles. The predicted octanol–water partition coefficient (Wildman–Crippen LogP) is 4.76. The number of hydrogen-bond acceptors (Lipinski definition) is 1. The van der Waals surface area contributed by atoms with Crippen LogP contribution in [0.1, 0.15) is 52.4 Å². The van der Waals surface area contributed by atoms with Crippen LogP contribution in [0.25, 0.3) is 0 Å². The van der Waals surface area contributed by atoms with Gasteiger partial charge in [0.1, 0.15) is 0 Å². The predicted molar refractivity (Wildman–Crippen MR) is 72.2 cm³/mol. The molecule has 1 unspecified atom stereocenters. The van der Waals surface area contributed by atoms with Crippen LogP contribution in [0, 0.1) is 0 Å². The number of ether oxygens (including phenoxy) is 1. The summed E-state index contributed by atoms with van der Waals surface area (Å²) in [6.45, 7) is 5.12. The topological polar surface area (TPSA) is 9.23 Å². The van der Waals surface area contributed by atoms with Gasteiger partial charge in [-0.15, -0.1) is 11.6 Å². The molecule has 0 aromatic rings. The molecule has 0 aliphatic rings. The monoisotopic (exact) mass is 298 g/mol. The van der Waals surface area contributed by atoms with E-state index in [0.29, 0.717) is 5.88 Å². The Balaban J connectivity index is 3.29. The minimum Gasteiger partial charge on any atom is -0.373 e. The van der Waals surface area contributed by atoms with Crippen molar-refractivity contribution < 1.29 is 4.74 Å². The second kappa shape index (κ2) is 9.92. The molecule has 0 radical (unpaired) electrons. The standard InChI is InChI=1S/C12H24BrClO/c1-3-4-5-6-7-8-9-15-12(2,10-13)11-14/h3-11H2,1-2H3. The van der Waals surface area contributed by atoms with Crippen molar-refractivity contribution in [1.29, 1.82) is 0 Å². The first kappa shape index (κ1) is 15.7. The summed E-state index contributed by atoms with van der Waals surface area (Å²) in [5.41, 5.74) is -0.190. The van der Waals surface area contributed by atoms with Crippen molar-refractivity contribution in [1.82, 2.24) is 0 Å². The van der Waals surface area contributed by atoms with Gasteiger partial charge in [-0.05, 0) is 13.3 Å². The summed E-state index contributed by atoms with van der Waals surface area (Å²) in [5.74, 6) is 0.550. The third-order valence-corrected chi connectivity index (χ3v) is 4.27. The average molecular weight is 300 g/mol. The maximum Gasteiger partial charge on any atom is 0.0885 e. The van der Waals surface area contributed by atoms with Crippen LogP contribution in [0.5, 0.6) is 0 Å². The Morgan fingerprint density at radius 3 is 2.27 bits per heavy atom. The Morgan fingerprint density at radius 2 is 1.73 bits per heavy atom. The van der Waals surface area contributed by atoms with Crippen molar-refractivity contribution >= 4 is 27.5 Å². The van der Waals surface area contributed by atoms with Crippen molar-refractivity contribution in [3.8, 4) is 0 Å². The SMILES string of the molecule is CCCCCCCCOC(C)(CCl)CBr. The van der Waals surface area contributed by atoms with Crippen LogP contribution in [0.3, 0.4) is 0 Å². The molecular weight excluding hydrogens is 275 g/mol. The van der Waals surface area contributed by atoms with Gasteiger partial charge in [0.2, 0.25) is 0 Å². The Labute approximate surface area is 108 Å². The third kappa shape index (κ3) is 8.53. The normalized spacial score (nSPS) is 15.2. The maximum absolute atomic E-state index is 5.84. The Kier molecular flexibility index (Phi) is 10.4. The van der Waals surface area contributed by atoms with Gasteiger partial charge in [0.05, 0.1) is 11.5 Å². The highest BCUT2D eigenvalue weighted by Crippen LogP contribution is 2.16. The molecule has 0 rings (SSSR count). The third-order valence-electron chi connectivity index (χ3n) is 2.51. The zero-order valence-corrected chi connectivity index (χ0v) is 12.4. The summed E-state index contributed by atoms with van der Waals surface area (Å²) in [5, 5.41) is 0.805. The lowest BCUT2D eigenvalue weighted by atomic mass is 10.1. The quantitative estimate of drug-likeness (QED) is 0.417. The summed E-state index contributed by atoms with van der Waals surface area (Å²) in [6.07, 6.45) is 7.81. The first-order chi connectivity index (χ1) is 7.18. The van der Waals surface area contributed by atoms with Gasteiger partial charge in [-0.3, -0.25) is 0 Å². The summed E-state index contributed by atoms with van der Waals surface area (Å²) in [4.78, 5) is 0. The molecule has 0 bridgehead atoms. The van der Waals surface area contributed by atoms with E-state index < -0.39 is 0 Å². The zero-order chi connectivity index (χ0) is 11.6. The summed E-state index contributed by atoms with van der Waals surface area (Å²) in [6, 6.07) is 0. The molecule has 0 N–H and O–H groups in total. The molecule has 1 nitrogen and oxygen atoms in total. The highest BCUT2D eigenvalue weighted by atomic mass is 79.9. The molecule has 0 amide bonds. The summed E-state index contributed by atoms with van der Waals surface area (Å²) < 4.78 is 5.76. The van der Waals surface area contributed by atoms with E-state index >= 15 is 0 Å². The van der Waals surface area contributed by atoms with Crippen molar-refractivity contribution in [3.63, 3.8) is 0 Å². The molecule has 0 aliphatic carbocycles. The minimum absolute atomic E-state index is 0.190. The van der Waals surface area contributed by atoms with E-state index in [1.807, 2.05) is 6.92 Å². The van der Waals surface area contributed by atoms with Gasteiger partial charge < -0.3 is 4.74 Å². The molecule has 0 saturated heterocycles. The Morgan fingerprint density at radius 1 is 1.13 bits per heavy atom. The van der Waals surface area contributed by atoms with Crippen LogP contribution >= 0.6 is 27.5 Å². The van der Waals surface area contributed by atoms with Crippen LogP contribution in [0.15, 0.2) is 0 Å². The first-order valence-corrected chi connectivity index (χ1v) is 7.60. The maximum atomic E-state index is 5.84. The molecule has 0 aromatic carbocycles. The number of unbranched alkanes of at least 4 members (excludes halogenated alkanes) is 5. The fourth-order valence-electron chi connectivity index (χ4n) is 1.31. The average Bonchev–Trinajstić information content (AvgIpc) is 2.27. The number of halogens is 2. The molecule has 15 heavy (non-hydrogen) atoms. The van der Waals surface area contributed by atoms with E-state index in [4.69, 9.17) is 16.3 Å². The van der Waals surface area contributed by atoms with Crippen molar-refractivity contribution in [2.75, 3.05) is 17.8 Å². The largest absolute Gasteiger partial charge is 0.373 e. The smallest absolute Gasteiger partial charge is 0.0885 e. The van der Waals surface area contributed by atoms with E-state index in [1.165, 1.54) is 32.1 Å². The van der Waals surface area contributed by atoms with Gasteiger partial charge in [0.15, 0.2) is 0 Å². The second-order valence-electron chi connectivity index (χ2n) is 4.33. The zero-order valence-electron chi connectivity index (χ0n) is 10.0. The van der Waals surface area contributed by atoms with Crippen molar-refractivity contribution in [3.05, 3.63) is 0 Å². The second-order valence-corrected chi connectivity index (χ2v) is 5.16. The van der Waals surface area contributed by atoms with Gasteiger partial charge in [-0.2, -0.15) is 0 Å². The minimum atomic E-state index is -0.190. The van der Waals surface area contributed by atoms with Crippen LogP contribution < -0.4 is 0 Å². The van der Waals surface area contributed by atoms with Gasteiger partial charge in [0, 0.05) is 11.9 Å². The Bertz CT molecular complexity index is 138. The molecule has 0 heterocycles. The van der Waals surface area contributed by atoms with E-state index in [1.54, 1.807) is 0 Å². The Hall–Kier alpha value is 0.730. The van der Waals surface area contributed by atoms with E-state index in [2.05, 4.69) is 22.9 Å². The highest BCUT2D eigenvalue weighted by Gasteiger charge is 2.21. The van der Waals surface area contributed by atoms with Crippen molar-refractivity contribution in [2.24, 2.45) is 0 Å². The van der Waals surface area contributed by atoms with E-state index in [-0.39, 0.29) is 5.60 Å². The fourth-order valence-corrected chi connectivity index (χ4v) is 2.07. The molecule has 0 fully saturated rings. The lowest BCUT2D eigenvalue weighted by molar-refractivity contribution is 0.00253. The summed E-state index contributed by atoms with van der Waals surface area (Å²) >= 11 is 9.26. The number of hydrogen-bond donors (Lipinski definition) is 0. The lowest BCUT2D eigenvalue weighted by Gasteiger charge is -2.25.